The van der Waals surface area contributed by atoms with E-state index in [0.717, 1.165) is 10.4 Å². The van der Waals surface area contributed by atoms with Crippen LogP contribution in [-0.2, 0) is 22.0 Å². The molecule has 0 aliphatic carbocycles. The van der Waals surface area contributed by atoms with E-state index < -0.39 is 33.6 Å². The van der Waals surface area contributed by atoms with E-state index in [1.54, 1.807) is 6.92 Å². The summed E-state index contributed by atoms with van der Waals surface area (Å²) in [6, 6.07) is 4.17. The number of hydrogen-bond donors (Lipinski definition) is 1. The van der Waals surface area contributed by atoms with Gasteiger partial charge in [-0.25, -0.2) is 12.7 Å². The molecule has 20 heavy (non-hydrogen) atoms. The highest BCUT2D eigenvalue weighted by atomic mass is 32.2. The smallest absolute Gasteiger partial charge is 0.329 e. The molecule has 0 saturated carbocycles. The Morgan fingerprint density at radius 3 is 2.35 bits per heavy atom. The number of halogens is 3. The summed E-state index contributed by atoms with van der Waals surface area (Å²) in [7, 11) is -2.55. The third-order valence-electron chi connectivity index (χ3n) is 3.06. The first-order chi connectivity index (χ1) is 9.09. The summed E-state index contributed by atoms with van der Waals surface area (Å²) in [6.07, 6.45) is -4.58. The molecule has 0 aliphatic rings. The molecule has 1 aromatic carbocycles. The van der Waals surface area contributed by atoms with E-state index in [1.165, 1.54) is 25.2 Å². The fourth-order valence-corrected chi connectivity index (χ4v) is 3.13. The maximum Gasteiger partial charge on any atom is 0.416 e. The van der Waals surface area contributed by atoms with Gasteiger partial charge in [0.1, 0.15) is 0 Å². The fraction of sp³-hybridized carbons (Fsp3) is 0.500. The molecule has 0 aliphatic heterocycles. The molecule has 0 bridgehead atoms. The van der Waals surface area contributed by atoms with Crippen molar-refractivity contribution in [1.82, 2.24) is 4.31 Å². The molecule has 0 aromatic heterocycles. The van der Waals surface area contributed by atoms with E-state index >= 15 is 0 Å². The van der Waals surface area contributed by atoms with Crippen molar-refractivity contribution < 1.29 is 21.6 Å². The van der Waals surface area contributed by atoms with Gasteiger partial charge < -0.3 is 5.73 Å². The first-order valence-electron chi connectivity index (χ1n) is 5.90. The lowest BCUT2D eigenvalue weighted by atomic mass is 10.1. The van der Waals surface area contributed by atoms with Crippen LogP contribution in [0.4, 0.5) is 13.2 Å². The van der Waals surface area contributed by atoms with Crippen LogP contribution in [0.5, 0.6) is 0 Å². The maximum absolute atomic E-state index is 12.8. The zero-order valence-corrected chi connectivity index (χ0v) is 12.0. The molecule has 0 fully saturated rings. The van der Waals surface area contributed by atoms with Crippen molar-refractivity contribution >= 4 is 10.0 Å². The fourth-order valence-electron chi connectivity index (χ4n) is 1.64. The molecule has 8 heteroatoms. The molecule has 0 heterocycles. The Labute approximate surface area is 116 Å². The Kier molecular flexibility index (Phi) is 5.17. The van der Waals surface area contributed by atoms with E-state index in [1.807, 2.05) is 0 Å². The molecular weight excluding hydrogens is 293 g/mol. The number of benzene rings is 1. The van der Waals surface area contributed by atoms with Crippen molar-refractivity contribution in [3.8, 4) is 0 Å². The van der Waals surface area contributed by atoms with Crippen LogP contribution in [-0.4, -0.2) is 32.4 Å². The predicted octanol–water partition coefficient (Wildman–Crippen LogP) is 1.81. The molecule has 1 rings (SSSR count). The van der Waals surface area contributed by atoms with E-state index in [9.17, 15) is 21.6 Å². The quantitative estimate of drug-likeness (QED) is 0.902. The number of likely N-dealkylation sites (N-methyl/N-ethyl adjacent to an activating group) is 1. The van der Waals surface area contributed by atoms with Gasteiger partial charge in [-0.3, -0.25) is 0 Å². The highest BCUT2D eigenvalue weighted by molar-refractivity contribution is 7.88. The minimum absolute atomic E-state index is 0.0939. The molecule has 2 N–H and O–H groups in total. The van der Waals surface area contributed by atoms with Gasteiger partial charge in [0.2, 0.25) is 10.0 Å². The van der Waals surface area contributed by atoms with Crippen LogP contribution in [0.2, 0.25) is 0 Å². The molecule has 114 valence electrons. The minimum atomic E-state index is -4.58. The van der Waals surface area contributed by atoms with Gasteiger partial charge in [-0.2, -0.15) is 13.2 Å². The summed E-state index contributed by atoms with van der Waals surface area (Å²) in [5, 5.41) is 0. The van der Waals surface area contributed by atoms with Gasteiger partial charge in [0.05, 0.1) is 11.3 Å². The van der Waals surface area contributed by atoms with Crippen LogP contribution >= 0.6 is 0 Å². The highest BCUT2D eigenvalue weighted by Gasteiger charge is 2.34. The van der Waals surface area contributed by atoms with Crippen molar-refractivity contribution in [1.29, 1.82) is 0 Å². The molecule has 1 aromatic rings. The Bertz CT molecular complexity index is 558. The largest absolute Gasteiger partial charge is 0.416 e. The van der Waals surface area contributed by atoms with E-state index in [4.69, 9.17) is 5.73 Å². The Morgan fingerprint density at radius 2 is 1.85 bits per heavy atom. The minimum Gasteiger partial charge on any atom is -0.329 e. The number of rotatable bonds is 5. The molecule has 0 spiro atoms. The zero-order chi connectivity index (χ0) is 15.6. The number of sulfonamides is 1. The monoisotopic (exact) mass is 310 g/mol. The Balaban J connectivity index is 3.11. The zero-order valence-electron chi connectivity index (χ0n) is 11.2. The lowest BCUT2D eigenvalue weighted by Crippen LogP contribution is -2.40. The Hall–Kier alpha value is -1.12. The highest BCUT2D eigenvalue weighted by Crippen LogP contribution is 2.32. The summed E-state index contributed by atoms with van der Waals surface area (Å²) in [6.45, 7) is 1.68. The lowest BCUT2D eigenvalue weighted by Gasteiger charge is -2.23. The van der Waals surface area contributed by atoms with Crippen LogP contribution in [0.1, 0.15) is 18.1 Å². The number of alkyl halides is 3. The first kappa shape index (κ1) is 16.9. The topological polar surface area (TPSA) is 63.4 Å². The van der Waals surface area contributed by atoms with Crippen molar-refractivity contribution in [2.45, 2.75) is 24.9 Å². The van der Waals surface area contributed by atoms with Gasteiger partial charge in [-0.15, -0.1) is 0 Å². The van der Waals surface area contributed by atoms with E-state index in [-0.39, 0.29) is 12.1 Å². The summed E-state index contributed by atoms with van der Waals surface area (Å²) >= 11 is 0. The summed E-state index contributed by atoms with van der Waals surface area (Å²) in [5.41, 5.74) is 4.18. The summed E-state index contributed by atoms with van der Waals surface area (Å²) in [4.78, 5) is 0. The second-order valence-electron chi connectivity index (χ2n) is 4.51. The van der Waals surface area contributed by atoms with Gasteiger partial charge in [0.15, 0.2) is 0 Å². The number of nitrogens with zero attached hydrogens (tertiary/aromatic N) is 1. The molecule has 1 unspecified atom stereocenters. The maximum atomic E-state index is 12.8. The molecule has 0 saturated heterocycles. The number of hydrogen-bond acceptors (Lipinski definition) is 3. The molecule has 0 radical (unpaired) electrons. The van der Waals surface area contributed by atoms with Gasteiger partial charge in [-0.1, -0.05) is 18.2 Å². The average molecular weight is 310 g/mol. The number of nitrogens with two attached hydrogens (primary N) is 1. The first-order valence-corrected chi connectivity index (χ1v) is 7.51. The Morgan fingerprint density at radius 1 is 1.30 bits per heavy atom. The van der Waals surface area contributed by atoms with Crippen LogP contribution in [0.3, 0.4) is 0 Å². The third kappa shape index (κ3) is 3.94. The summed E-state index contributed by atoms with van der Waals surface area (Å²) in [5.74, 6) is -0.705. The second kappa shape index (κ2) is 6.11. The van der Waals surface area contributed by atoms with Crippen LogP contribution in [0.15, 0.2) is 24.3 Å². The predicted molar refractivity (Wildman–Crippen MR) is 70.3 cm³/mol. The second-order valence-corrected chi connectivity index (χ2v) is 6.54. The van der Waals surface area contributed by atoms with Gasteiger partial charge >= 0.3 is 6.18 Å². The molecule has 0 amide bonds. The lowest BCUT2D eigenvalue weighted by molar-refractivity contribution is -0.138. The average Bonchev–Trinajstić information content (AvgIpc) is 2.35. The van der Waals surface area contributed by atoms with Gasteiger partial charge in [0, 0.05) is 19.6 Å². The summed E-state index contributed by atoms with van der Waals surface area (Å²) < 4.78 is 63.6. The van der Waals surface area contributed by atoms with Crippen molar-refractivity contribution in [3.05, 3.63) is 35.4 Å². The molecular formula is C12H17F3N2O2S. The van der Waals surface area contributed by atoms with Gasteiger partial charge in [-0.05, 0) is 18.6 Å². The van der Waals surface area contributed by atoms with Crippen LogP contribution in [0.25, 0.3) is 0 Å². The van der Waals surface area contributed by atoms with Crippen molar-refractivity contribution in [2.75, 3.05) is 13.6 Å². The third-order valence-corrected chi connectivity index (χ3v) is 4.97. The van der Waals surface area contributed by atoms with Gasteiger partial charge in [0.25, 0.3) is 0 Å². The van der Waals surface area contributed by atoms with Crippen molar-refractivity contribution in [2.24, 2.45) is 5.73 Å². The van der Waals surface area contributed by atoms with E-state index in [0.29, 0.717) is 0 Å². The molecule has 4 nitrogen and oxygen atoms in total. The normalized spacial score (nSPS) is 14.6. The van der Waals surface area contributed by atoms with Crippen molar-refractivity contribution in [3.63, 3.8) is 0 Å². The van der Waals surface area contributed by atoms with Crippen LogP contribution in [0, 0.1) is 0 Å². The van der Waals surface area contributed by atoms with E-state index in [2.05, 4.69) is 0 Å². The standard InChI is InChI=1S/C12H17F3N2O2S/c1-9(7-16)17(2)20(18,19)8-10-5-3-4-6-11(10)12(13,14)15/h3-6,9H,7-8,16H2,1-2H3. The van der Waals surface area contributed by atoms with Crippen LogP contribution < -0.4 is 5.73 Å². The molecule has 1 atom stereocenters. The SMILES string of the molecule is CC(CN)N(C)S(=O)(=O)Cc1ccccc1C(F)(F)F.